The summed E-state index contributed by atoms with van der Waals surface area (Å²) in [5.41, 5.74) is 2.03. The Bertz CT molecular complexity index is 1120. The number of ether oxygens (including phenoxy) is 1. The van der Waals surface area contributed by atoms with E-state index in [2.05, 4.69) is 5.32 Å². The van der Waals surface area contributed by atoms with Crippen molar-refractivity contribution in [2.45, 2.75) is 32.5 Å². The highest BCUT2D eigenvalue weighted by molar-refractivity contribution is 7.12. The molecule has 0 spiro atoms. The van der Waals surface area contributed by atoms with Crippen LogP contribution in [-0.2, 0) is 17.9 Å². The summed E-state index contributed by atoms with van der Waals surface area (Å²) in [4.78, 5) is 27.7. The lowest BCUT2D eigenvalue weighted by atomic mass is 10.1. The first-order valence-electron chi connectivity index (χ1n) is 9.81. The first kappa shape index (κ1) is 21.3. The van der Waals surface area contributed by atoms with Gasteiger partial charge in [0.25, 0.3) is 11.8 Å². The Balaban J connectivity index is 1.61. The number of amides is 2. The average molecular weight is 459 g/mol. The van der Waals surface area contributed by atoms with Crippen LogP contribution in [0.15, 0.2) is 53.9 Å². The standard InChI is InChI=1S/C23H20ClFN2O3S/c1-2-19-23(29)27(12-14-5-6-16(25)11-18(14)24)13-15-10-17(7-8-20(15)30-19)26-22(28)21-4-3-9-31-21/h3-11,19H,2,12-13H2,1H3,(H,26,28). The van der Waals surface area contributed by atoms with Gasteiger partial charge in [0.15, 0.2) is 6.10 Å². The van der Waals surface area contributed by atoms with E-state index < -0.39 is 11.9 Å². The van der Waals surface area contributed by atoms with E-state index in [1.54, 1.807) is 29.2 Å². The second-order valence-electron chi connectivity index (χ2n) is 7.20. The van der Waals surface area contributed by atoms with Crippen LogP contribution in [0.1, 0.15) is 34.1 Å². The van der Waals surface area contributed by atoms with Crippen molar-refractivity contribution in [1.82, 2.24) is 4.90 Å². The van der Waals surface area contributed by atoms with E-state index in [0.717, 1.165) is 5.56 Å². The van der Waals surface area contributed by atoms with Crippen molar-refractivity contribution in [3.05, 3.63) is 80.8 Å². The fraction of sp³-hybridized carbons (Fsp3) is 0.217. The quantitative estimate of drug-likeness (QED) is 0.549. The molecule has 0 radical (unpaired) electrons. The topological polar surface area (TPSA) is 58.6 Å². The summed E-state index contributed by atoms with van der Waals surface area (Å²) in [6.07, 6.45) is -0.130. The Hall–Kier alpha value is -2.90. The van der Waals surface area contributed by atoms with Crippen LogP contribution in [0.25, 0.3) is 0 Å². The minimum atomic E-state index is -0.632. The molecule has 4 rings (SSSR count). The number of rotatable bonds is 5. The molecule has 8 heteroatoms. The summed E-state index contributed by atoms with van der Waals surface area (Å²) in [6.45, 7) is 2.39. The summed E-state index contributed by atoms with van der Waals surface area (Å²) in [5.74, 6) is -0.186. The van der Waals surface area contributed by atoms with Crippen molar-refractivity contribution in [2.24, 2.45) is 0 Å². The number of anilines is 1. The minimum absolute atomic E-state index is 0.164. The lowest BCUT2D eigenvalue weighted by molar-refractivity contribution is -0.139. The number of hydrogen-bond acceptors (Lipinski definition) is 4. The summed E-state index contributed by atoms with van der Waals surface area (Å²) in [6, 6.07) is 13.0. The highest BCUT2D eigenvalue weighted by atomic mass is 35.5. The molecule has 2 heterocycles. The fourth-order valence-electron chi connectivity index (χ4n) is 3.43. The molecule has 0 aliphatic carbocycles. The summed E-state index contributed by atoms with van der Waals surface area (Å²) >= 11 is 7.54. The third kappa shape index (κ3) is 4.73. The van der Waals surface area contributed by atoms with Crippen LogP contribution in [0, 0.1) is 5.82 Å². The maximum absolute atomic E-state index is 13.4. The zero-order valence-corrected chi connectivity index (χ0v) is 18.3. The molecule has 2 aromatic carbocycles. The van der Waals surface area contributed by atoms with Gasteiger partial charge in [0.05, 0.1) is 4.88 Å². The SMILES string of the molecule is CCC1Oc2ccc(NC(=O)c3cccs3)cc2CN(Cc2ccc(F)cc2Cl)C1=O. The van der Waals surface area contributed by atoms with Crippen molar-refractivity contribution < 1.29 is 18.7 Å². The molecule has 2 amide bonds. The highest BCUT2D eigenvalue weighted by Crippen LogP contribution is 2.31. The molecule has 0 bridgehead atoms. The second-order valence-corrected chi connectivity index (χ2v) is 8.55. The normalized spacial score (nSPS) is 15.8. The van der Waals surface area contributed by atoms with E-state index in [-0.39, 0.29) is 29.9 Å². The lowest BCUT2D eigenvalue weighted by Crippen LogP contribution is -2.38. The molecule has 0 saturated carbocycles. The Morgan fingerprint density at radius 3 is 2.84 bits per heavy atom. The van der Waals surface area contributed by atoms with Gasteiger partial charge in [-0.05, 0) is 53.8 Å². The Morgan fingerprint density at radius 2 is 2.13 bits per heavy atom. The van der Waals surface area contributed by atoms with Gasteiger partial charge in [0, 0.05) is 29.4 Å². The first-order chi connectivity index (χ1) is 14.9. The number of fused-ring (bicyclic) bond motifs is 1. The van der Waals surface area contributed by atoms with Gasteiger partial charge in [-0.2, -0.15) is 0 Å². The number of nitrogens with one attached hydrogen (secondary N) is 1. The highest BCUT2D eigenvalue weighted by Gasteiger charge is 2.30. The predicted octanol–water partition coefficient (Wildman–Crippen LogP) is 5.49. The fourth-order valence-corrected chi connectivity index (χ4v) is 4.28. The van der Waals surface area contributed by atoms with Crippen LogP contribution in [0.3, 0.4) is 0 Å². The third-order valence-electron chi connectivity index (χ3n) is 5.03. The Labute approximate surface area is 188 Å². The number of carbonyl (C=O) groups excluding carboxylic acids is 2. The molecule has 1 unspecified atom stereocenters. The molecule has 1 aliphatic heterocycles. The maximum Gasteiger partial charge on any atom is 0.265 e. The molecule has 1 aliphatic rings. The molecule has 1 N–H and O–H groups in total. The number of halogens is 2. The molecular formula is C23H20ClFN2O3S. The van der Waals surface area contributed by atoms with Crippen LogP contribution in [-0.4, -0.2) is 22.8 Å². The van der Waals surface area contributed by atoms with E-state index in [0.29, 0.717) is 28.3 Å². The van der Waals surface area contributed by atoms with Crippen LogP contribution >= 0.6 is 22.9 Å². The van der Waals surface area contributed by atoms with Gasteiger partial charge >= 0.3 is 0 Å². The zero-order valence-electron chi connectivity index (χ0n) is 16.7. The largest absolute Gasteiger partial charge is 0.480 e. The first-order valence-corrected chi connectivity index (χ1v) is 11.1. The van der Waals surface area contributed by atoms with Gasteiger partial charge in [0.1, 0.15) is 11.6 Å². The molecule has 5 nitrogen and oxygen atoms in total. The summed E-state index contributed by atoms with van der Waals surface area (Å²) < 4.78 is 19.4. The monoisotopic (exact) mass is 458 g/mol. The molecule has 0 fully saturated rings. The zero-order chi connectivity index (χ0) is 22.0. The maximum atomic E-state index is 13.4. The number of thiophene rings is 1. The smallest absolute Gasteiger partial charge is 0.265 e. The number of nitrogens with zero attached hydrogens (tertiary/aromatic N) is 1. The van der Waals surface area contributed by atoms with E-state index >= 15 is 0 Å². The molecule has 160 valence electrons. The van der Waals surface area contributed by atoms with Gasteiger partial charge < -0.3 is 15.0 Å². The van der Waals surface area contributed by atoms with Gasteiger partial charge in [0.2, 0.25) is 0 Å². The molecule has 0 saturated heterocycles. The van der Waals surface area contributed by atoms with E-state index in [4.69, 9.17) is 16.3 Å². The minimum Gasteiger partial charge on any atom is -0.480 e. The van der Waals surface area contributed by atoms with Crippen LogP contribution in [0.2, 0.25) is 5.02 Å². The van der Waals surface area contributed by atoms with Crippen molar-refractivity contribution in [1.29, 1.82) is 0 Å². The average Bonchev–Trinajstić information content (AvgIpc) is 3.25. The molecule has 31 heavy (non-hydrogen) atoms. The van der Waals surface area contributed by atoms with Crippen molar-refractivity contribution in [3.8, 4) is 5.75 Å². The van der Waals surface area contributed by atoms with Crippen molar-refractivity contribution >= 4 is 40.4 Å². The van der Waals surface area contributed by atoms with Gasteiger partial charge in [-0.3, -0.25) is 9.59 Å². The van der Waals surface area contributed by atoms with Gasteiger partial charge in [-0.15, -0.1) is 11.3 Å². The number of hydrogen-bond donors (Lipinski definition) is 1. The van der Waals surface area contributed by atoms with E-state index in [1.165, 1.54) is 23.5 Å². The number of carbonyl (C=O) groups is 2. The van der Waals surface area contributed by atoms with Crippen molar-refractivity contribution in [2.75, 3.05) is 5.32 Å². The van der Waals surface area contributed by atoms with Gasteiger partial charge in [-0.25, -0.2) is 4.39 Å². The second kappa shape index (κ2) is 9.08. The van der Waals surface area contributed by atoms with Crippen LogP contribution in [0.5, 0.6) is 5.75 Å². The molecule has 1 aromatic heterocycles. The predicted molar refractivity (Wildman–Crippen MR) is 119 cm³/mol. The van der Waals surface area contributed by atoms with E-state index in [1.807, 2.05) is 24.4 Å². The van der Waals surface area contributed by atoms with Gasteiger partial charge in [-0.1, -0.05) is 30.7 Å². The number of benzene rings is 2. The molecular weight excluding hydrogens is 439 g/mol. The molecule has 3 aromatic rings. The third-order valence-corrected chi connectivity index (χ3v) is 6.25. The van der Waals surface area contributed by atoms with Crippen LogP contribution < -0.4 is 10.1 Å². The van der Waals surface area contributed by atoms with Crippen molar-refractivity contribution in [3.63, 3.8) is 0 Å². The summed E-state index contributed by atoms with van der Waals surface area (Å²) in [5, 5.41) is 4.99. The molecule has 1 atom stereocenters. The Morgan fingerprint density at radius 1 is 1.29 bits per heavy atom. The summed E-state index contributed by atoms with van der Waals surface area (Å²) in [7, 11) is 0. The lowest BCUT2D eigenvalue weighted by Gasteiger charge is -2.23. The van der Waals surface area contributed by atoms with E-state index in [9.17, 15) is 14.0 Å². The Kier molecular flexibility index (Phi) is 6.25. The van der Waals surface area contributed by atoms with Crippen LogP contribution in [0.4, 0.5) is 10.1 Å².